The molecule has 0 unspecified atom stereocenters. The Bertz CT molecular complexity index is 567. The molecule has 0 heterocycles. The van der Waals surface area contributed by atoms with Crippen molar-refractivity contribution >= 4 is 40.1 Å². The summed E-state index contributed by atoms with van der Waals surface area (Å²) in [6.07, 6.45) is 0. The molecule has 96 valence electrons. The molecule has 0 saturated heterocycles. The average Bonchev–Trinajstić information content (AvgIpc) is 2.46. The summed E-state index contributed by atoms with van der Waals surface area (Å²) in [5.41, 5.74) is 7.82. The minimum atomic E-state index is 0.245. The van der Waals surface area contributed by atoms with E-state index < -0.39 is 0 Å². The number of benzene rings is 2. The van der Waals surface area contributed by atoms with E-state index in [1.165, 1.54) is 0 Å². The van der Waals surface area contributed by atoms with Gasteiger partial charge in [-0.2, -0.15) is 0 Å². The van der Waals surface area contributed by atoms with E-state index in [0.29, 0.717) is 11.5 Å². The van der Waals surface area contributed by atoms with Crippen LogP contribution in [0, 0.1) is 0 Å². The number of anilines is 1. The van der Waals surface area contributed by atoms with Crippen LogP contribution in [0.5, 0.6) is 0 Å². The van der Waals surface area contributed by atoms with Crippen LogP contribution in [0.1, 0.15) is 5.56 Å². The number of hydrogen-bond donors (Lipinski definition) is 1. The molecule has 0 spiro atoms. The Hall–Kier alpha value is -1.78. The molecule has 0 aliphatic carbocycles. The zero-order valence-electron chi connectivity index (χ0n) is 10.3. The zero-order valence-corrected chi connectivity index (χ0v) is 12.0. The van der Waals surface area contributed by atoms with E-state index in [0.717, 1.165) is 11.3 Å². The molecule has 2 nitrogen and oxygen atoms in total. The summed E-state index contributed by atoms with van der Waals surface area (Å²) in [5.74, 6) is 0. The summed E-state index contributed by atoms with van der Waals surface area (Å²) in [7, 11) is 0. The fraction of sp³-hybridized carbons (Fsp3) is 0.0667. The van der Waals surface area contributed by atoms with Gasteiger partial charge in [0.05, 0.1) is 0 Å². The van der Waals surface area contributed by atoms with Crippen LogP contribution in [0.25, 0.3) is 0 Å². The summed E-state index contributed by atoms with van der Waals surface area (Å²) in [5, 5.41) is 0. The minimum absolute atomic E-state index is 0.245. The number of hydrogen-bond acceptors (Lipinski definition) is 2. The normalized spacial score (nSPS) is 9.89. The second-order valence-corrected chi connectivity index (χ2v) is 4.90. The molecule has 19 heavy (non-hydrogen) atoms. The van der Waals surface area contributed by atoms with Gasteiger partial charge in [0.15, 0.2) is 0 Å². The highest BCUT2D eigenvalue weighted by atomic mass is 32.1. The topological polar surface area (TPSA) is 29.3 Å². The molecule has 0 aliphatic heterocycles. The summed E-state index contributed by atoms with van der Waals surface area (Å²) >= 11 is 10.3. The maximum absolute atomic E-state index is 5.68. The van der Waals surface area contributed by atoms with Gasteiger partial charge in [-0.3, -0.25) is 0 Å². The fourth-order valence-corrected chi connectivity index (χ4v) is 2.07. The van der Waals surface area contributed by atoms with Crippen molar-refractivity contribution < 1.29 is 0 Å². The third kappa shape index (κ3) is 3.59. The Morgan fingerprint density at radius 2 is 1.42 bits per heavy atom. The summed E-state index contributed by atoms with van der Waals surface area (Å²) < 4.78 is 0. The van der Waals surface area contributed by atoms with Gasteiger partial charge in [-0.25, -0.2) is 0 Å². The first-order chi connectivity index (χ1) is 9.18. The predicted octanol–water partition coefficient (Wildman–Crippen LogP) is 3.31. The van der Waals surface area contributed by atoms with Gasteiger partial charge in [0.1, 0.15) is 9.98 Å². The van der Waals surface area contributed by atoms with Gasteiger partial charge in [0.2, 0.25) is 0 Å². The molecule has 4 heteroatoms. The first-order valence-electron chi connectivity index (χ1n) is 5.89. The largest absolute Gasteiger partial charge is 0.388 e. The van der Waals surface area contributed by atoms with E-state index in [4.69, 9.17) is 30.2 Å². The Morgan fingerprint density at radius 3 is 1.95 bits per heavy atom. The number of nitrogens with zero attached hydrogens (tertiary/aromatic N) is 1. The highest BCUT2D eigenvalue weighted by Gasteiger charge is 2.14. The lowest BCUT2D eigenvalue weighted by Crippen LogP contribution is -2.37. The van der Waals surface area contributed by atoms with Gasteiger partial charge in [0, 0.05) is 12.2 Å². The van der Waals surface area contributed by atoms with Crippen LogP contribution < -0.4 is 10.6 Å². The number of nitrogens with two attached hydrogens (primary N) is 1. The van der Waals surface area contributed by atoms with E-state index in [1.54, 1.807) is 0 Å². The number of rotatable bonds is 3. The van der Waals surface area contributed by atoms with Crippen LogP contribution in [0.3, 0.4) is 0 Å². The fourth-order valence-electron chi connectivity index (χ4n) is 1.79. The minimum Gasteiger partial charge on any atom is -0.388 e. The SMILES string of the molecule is NC(=S)C(=S)N(Cc1ccccc1)c1ccccc1. The predicted molar refractivity (Wildman–Crippen MR) is 88.5 cm³/mol. The van der Waals surface area contributed by atoms with Crippen LogP contribution in [0.4, 0.5) is 5.69 Å². The monoisotopic (exact) mass is 286 g/mol. The summed E-state index contributed by atoms with van der Waals surface area (Å²) in [6, 6.07) is 20.0. The van der Waals surface area contributed by atoms with Crippen molar-refractivity contribution in [2.75, 3.05) is 4.90 Å². The molecule has 0 amide bonds. The lowest BCUT2D eigenvalue weighted by Gasteiger charge is -2.24. The molecule has 0 saturated carbocycles. The molecular formula is C15H14N2S2. The van der Waals surface area contributed by atoms with Crippen molar-refractivity contribution in [1.29, 1.82) is 0 Å². The molecular weight excluding hydrogens is 272 g/mol. The first-order valence-corrected chi connectivity index (χ1v) is 6.70. The molecule has 2 rings (SSSR count). The smallest absolute Gasteiger partial charge is 0.141 e. The number of para-hydroxylation sites is 1. The second-order valence-electron chi connectivity index (χ2n) is 4.08. The van der Waals surface area contributed by atoms with Gasteiger partial charge in [-0.15, -0.1) is 0 Å². The van der Waals surface area contributed by atoms with Crippen molar-refractivity contribution in [3.63, 3.8) is 0 Å². The van der Waals surface area contributed by atoms with Crippen molar-refractivity contribution in [2.24, 2.45) is 5.73 Å². The van der Waals surface area contributed by atoms with E-state index in [2.05, 4.69) is 12.1 Å². The molecule has 0 aromatic heterocycles. The Kier molecular flexibility index (Phi) is 4.60. The molecule has 0 aliphatic rings. The van der Waals surface area contributed by atoms with E-state index in [1.807, 2.05) is 53.4 Å². The van der Waals surface area contributed by atoms with Crippen LogP contribution >= 0.6 is 24.4 Å². The van der Waals surface area contributed by atoms with Crippen molar-refractivity contribution in [3.05, 3.63) is 66.2 Å². The molecule has 0 fully saturated rings. The van der Waals surface area contributed by atoms with Gasteiger partial charge >= 0.3 is 0 Å². The first kappa shape index (κ1) is 13.6. The van der Waals surface area contributed by atoms with Crippen LogP contribution in [0.15, 0.2) is 60.7 Å². The Morgan fingerprint density at radius 1 is 0.895 bits per heavy atom. The summed E-state index contributed by atoms with van der Waals surface area (Å²) in [6.45, 7) is 0.654. The van der Waals surface area contributed by atoms with Crippen molar-refractivity contribution in [2.45, 2.75) is 6.54 Å². The molecule has 2 aromatic carbocycles. The number of thiocarbonyl (C=S) groups is 2. The van der Waals surface area contributed by atoms with Crippen LogP contribution in [-0.4, -0.2) is 9.98 Å². The Labute approximate surface area is 123 Å². The standard InChI is InChI=1S/C15H14N2S2/c16-14(18)15(19)17(13-9-5-2-6-10-13)11-12-7-3-1-4-8-12/h1-10H,11H2,(H2,16,18). The Balaban J connectivity index is 2.30. The van der Waals surface area contributed by atoms with E-state index in [-0.39, 0.29) is 4.99 Å². The van der Waals surface area contributed by atoms with Gasteiger partial charge in [0.25, 0.3) is 0 Å². The van der Waals surface area contributed by atoms with Gasteiger partial charge in [-0.1, -0.05) is 73.0 Å². The van der Waals surface area contributed by atoms with Crippen LogP contribution in [-0.2, 0) is 6.54 Å². The molecule has 0 atom stereocenters. The maximum Gasteiger partial charge on any atom is 0.141 e. The van der Waals surface area contributed by atoms with E-state index in [9.17, 15) is 0 Å². The summed E-state index contributed by atoms with van der Waals surface area (Å²) in [4.78, 5) is 2.69. The second kappa shape index (κ2) is 6.41. The van der Waals surface area contributed by atoms with Gasteiger partial charge < -0.3 is 10.6 Å². The molecule has 2 aromatic rings. The highest BCUT2D eigenvalue weighted by molar-refractivity contribution is 7.89. The quantitative estimate of drug-likeness (QED) is 0.877. The molecule has 2 N–H and O–H groups in total. The lowest BCUT2D eigenvalue weighted by atomic mass is 10.2. The molecule has 0 radical (unpaired) electrons. The van der Waals surface area contributed by atoms with Crippen molar-refractivity contribution in [3.8, 4) is 0 Å². The van der Waals surface area contributed by atoms with Crippen molar-refractivity contribution in [1.82, 2.24) is 0 Å². The lowest BCUT2D eigenvalue weighted by molar-refractivity contribution is 1.02. The zero-order chi connectivity index (χ0) is 13.7. The van der Waals surface area contributed by atoms with E-state index >= 15 is 0 Å². The maximum atomic E-state index is 5.68. The van der Waals surface area contributed by atoms with Gasteiger partial charge in [-0.05, 0) is 17.7 Å². The average molecular weight is 286 g/mol. The van der Waals surface area contributed by atoms with Crippen LogP contribution in [0.2, 0.25) is 0 Å². The molecule has 0 bridgehead atoms. The third-order valence-corrected chi connectivity index (χ3v) is 3.47. The third-order valence-electron chi connectivity index (χ3n) is 2.71. The highest BCUT2D eigenvalue weighted by Crippen LogP contribution is 2.17.